The lowest BCUT2D eigenvalue weighted by Crippen LogP contribution is -2.47. The molecular formula is C34H48N6O5. The first-order valence-electron chi connectivity index (χ1n) is 16.4. The standard InChI is InChI=1S/C34H48N6O5/c1-19(2)31(38-29(42)13-14-35)33(44)45-23-10-7-21(8-11-23)37-25-16-22(9-12-24(25)32(36)43)40-27-17-34(3,4)18-28(41)30(27)26(39-40)15-20-5-6-20/h9,12,16,19-21,23,31,37H,5-8,10-11,13-15,17-18,35H2,1-4H3,(H2,36,43)(H,38,42). The number of Topliss-reactive ketones (excluding diaryl/α,β-unsaturated/α-hetero) is 1. The molecule has 2 aromatic rings. The van der Waals surface area contributed by atoms with Crippen molar-refractivity contribution in [1.29, 1.82) is 0 Å². The smallest absolute Gasteiger partial charge is 0.329 e. The third-order valence-electron chi connectivity index (χ3n) is 9.23. The molecule has 244 valence electrons. The van der Waals surface area contributed by atoms with Gasteiger partial charge in [-0.1, -0.05) is 27.7 Å². The molecule has 11 nitrogen and oxygen atoms in total. The minimum Gasteiger partial charge on any atom is -0.461 e. The molecule has 3 aliphatic rings. The van der Waals surface area contributed by atoms with Gasteiger partial charge in [-0.15, -0.1) is 0 Å². The van der Waals surface area contributed by atoms with E-state index in [-0.39, 0.29) is 48.1 Å². The second kappa shape index (κ2) is 13.3. The molecule has 2 saturated carbocycles. The van der Waals surface area contributed by atoms with Crippen molar-refractivity contribution < 1.29 is 23.9 Å². The van der Waals surface area contributed by atoms with Crippen molar-refractivity contribution in [3.63, 3.8) is 0 Å². The molecular weight excluding hydrogens is 572 g/mol. The summed E-state index contributed by atoms with van der Waals surface area (Å²) in [4.78, 5) is 50.7. The fraction of sp³-hybridized carbons (Fsp3) is 0.618. The van der Waals surface area contributed by atoms with E-state index in [2.05, 4.69) is 24.5 Å². The third-order valence-corrected chi connectivity index (χ3v) is 9.23. The minimum atomic E-state index is -0.723. The summed E-state index contributed by atoms with van der Waals surface area (Å²) in [6.45, 7) is 8.18. The number of esters is 1. The van der Waals surface area contributed by atoms with E-state index < -0.39 is 17.9 Å². The number of anilines is 1. The van der Waals surface area contributed by atoms with Crippen LogP contribution in [0, 0.1) is 17.3 Å². The van der Waals surface area contributed by atoms with Crippen molar-refractivity contribution in [3.8, 4) is 5.69 Å². The van der Waals surface area contributed by atoms with Crippen LogP contribution in [0.3, 0.4) is 0 Å². The summed E-state index contributed by atoms with van der Waals surface area (Å²) in [5, 5.41) is 11.3. The maximum atomic E-state index is 13.3. The summed E-state index contributed by atoms with van der Waals surface area (Å²) in [6.07, 6.45) is 7.04. The van der Waals surface area contributed by atoms with Gasteiger partial charge in [0.25, 0.3) is 5.91 Å². The van der Waals surface area contributed by atoms with Gasteiger partial charge in [-0.3, -0.25) is 14.4 Å². The Balaban J connectivity index is 1.30. The van der Waals surface area contributed by atoms with Crippen LogP contribution in [-0.4, -0.2) is 58.1 Å². The highest BCUT2D eigenvalue weighted by Gasteiger charge is 2.38. The van der Waals surface area contributed by atoms with E-state index in [1.54, 1.807) is 6.07 Å². The highest BCUT2D eigenvalue weighted by Crippen LogP contribution is 2.40. The topological polar surface area (TPSA) is 171 Å². The number of benzene rings is 1. The zero-order valence-electron chi connectivity index (χ0n) is 27.0. The van der Waals surface area contributed by atoms with Crippen LogP contribution >= 0.6 is 0 Å². The maximum Gasteiger partial charge on any atom is 0.329 e. The largest absolute Gasteiger partial charge is 0.461 e. The number of carbonyl (C=O) groups is 4. The maximum absolute atomic E-state index is 13.3. The molecule has 0 saturated heterocycles. The van der Waals surface area contributed by atoms with Gasteiger partial charge in [0.2, 0.25) is 5.91 Å². The van der Waals surface area contributed by atoms with Gasteiger partial charge in [0.1, 0.15) is 12.1 Å². The van der Waals surface area contributed by atoms with Crippen LogP contribution in [0.4, 0.5) is 5.69 Å². The number of ether oxygens (including phenoxy) is 1. The Labute approximate surface area is 265 Å². The predicted octanol–water partition coefficient (Wildman–Crippen LogP) is 3.83. The molecule has 1 heterocycles. The van der Waals surface area contributed by atoms with Crippen molar-refractivity contribution >= 4 is 29.3 Å². The van der Waals surface area contributed by atoms with Crippen LogP contribution in [0.5, 0.6) is 0 Å². The second-order valence-electron chi connectivity index (χ2n) is 14.2. The number of primary amides is 1. The molecule has 6 N–H and O–H groups in total. The fourth-order valence-corrected chi connectivity index (χ4v) is 6.63. The number of nitrogens with one attached hydrogen (secondary N) is 2. The van der Waals surface area contributed by atoms with E-state index in [1.165, 1.54) is 12.8 Å². The molecule has 1 atom stereocenters. The minimum absolute atomic E-state index is 0.0379. The number of amides is 2. The molecule has 0 spiro atoms. The zero-order chi connectivity index (χ0) is 32.5. The number of ketones is 1. The van der Waals surface area contributed by atoms with Gasteiger partial charge in [0.15, 0.2) is 5.78 Å². The van der Waals surface area contributed by atoms with Gasteiger partial charge < -0.3 is 26.8 Å². The molecule has 1 aromatic carbocycles. The first-order chi connectivity index (χ1) is 21.3. The Kier molecular flexibility index (Phi) is 9.67. The van der Waals surface area contributed by atoms with Gasteiger partial charge in [0, 0.05) is 31.1 Å². The zero-order valence-corrected chi connectivity index (χ0v) is 27.0. The number of fused-ring (bicyclic) bond motifs is 1. The Bertz CT molecular complexity index is 1450. The summed E-state index contributed by atoms with van der Waals surface area (Å²) in [5.41, 5.74) is 15.5. The molecule has 1 aromatic heterocycles. The third kappa shape index (κ3) is 7.74. The van der Waals surface area contributed by atoms with Crippen molar-refractivity contribution in [2.24, 2.45) is 28.7 Å². The number of hydrogen-bond acceptors (Lipinski definition) is 8. The monoisotopic (exact) mass is 620 g/mol. The number of rotatable bonds is 12. The summed E-state index contributed by atoms with van der Waals surface area (Å²) in [5.74, 6) is -0.595. The van der Waals surface area contributed by atoms with Crippen molar-refractivity contribution in [2.75, 3.05) is 11.9 Å². The predicted molar refractivity (Wildman–Crippen MR) is 171 cm³/mol. The van der Waals surface area contributed by atoms with Crippen LogP contribution < -0.4 is 22.1 Å². The molecule has 11 heteroatoms. The van der Waals surface area contributed by atoms with Crippen LogP contribution in [0.15, 0.2) is 18.2 Å². The fourth-order valence-electron chi connectivity index (χ4n) is 6.63. The van der Waals surface area contributed by atoms with Gasteiger partial charge in [-0.2, -0.15) is 5.10 Å². The lowest BCUT2D eigenvalue weighted by atomic mass is 9.75. The number of carbonyl (C=O) groups excluding carboxylic acids is 4. The highest BCUT2D eigenvalue weighted by molar-refractivity contribution is 6.00. The van der Waals surface area contributed by atoms with Gasteiger partial charge in [-0.25, -0.2) is 9.48 Å². The summed E-state index contributed by atoms with van der Waals surface area (Å²) in [6, 6.07) is 4.79. The molecule has 0 aliphatic heterocycles. The van der Waals surface area contributed by atoms with E-state index in [0.29, 0.717) is 36.4 Å². The van der Waals surface area contributed by atoms with E-state index >= 15 is 0 Å². The van der Waals surface area contributed by atoms with Crippen molar-refractivity contribution in [3.05, 3.63) is 40.7 Å². The van der Waals surface area contributed by atoms with Crippen molar-refractivity contribution in [2.45, 2.75) is 110 Å². The average molecular weight is 621 g/mol. The number of nitrogens with zero attached hydrogens (tertiary/aromatic N) is 2. The van der Waals surface area contributed by atoms with Gasteiger partial charge in [-0.05, 0) is 86.8 Å². The first kappa shape index (κ1) is 32.7. The summed E-state index contributed by atoms with van der Waals surface area (Å²) in [7, 11) is 0. The highest BCUT2D eigenvalue weighted by atomic mass is 16.5. The lowest BCUT2D eigenvalue weighted by molar-refractivity contribution is -0.155. The van der Waals surface area contributed by atoms with E-state index in [0.717, 1.165) is 48.3 Å². The van der Waals surface area contributed by atoms with E-state index in [9.17, 15) is 19.2 Å². The SMILES string of the molecule is CC(C)C(NC(=O)CCN)C(=O)OC1CCC(Nc2cc(-n3nc(CC4CC4)c4c3CC(C)(C)CC4=O)ccc2C(N)=O)CC1. The van der Waals surface area contributed by atoms with Crippen LogP contribution in [0.1, 0.15) is 111 Å². The normalized spacial score (nSPS) is 21.6. The van der Waals surface area contributed by atoms with Gasteiger partial charge in [0.05, 0.1) is 28.2 Å². The Morgan fingerprint density at radius 3 is 2.42 bits per heavy atom. The molecule has 1 unspecified atom stereocenters. The molecule has 0 bridgehead atoms. The van der Waals surface area contributed by atoms with E-state index in [4.69, 9.17) is 21.3 Å². The summed E-state index contributed by atoms with van der Waals surface area (Å²) >= 11 is 0. The molecule has 3 aliphatic carbocycles. The molecule has 2 fully saturated rings. The molecule has 5 rings (SSSR count). The van der Waals surface area contributed by atoms with Crippen LogP contribution in [0.25, 0.3) is 5.69 Å². The van der Waals surface area contributed by atoms with E-state index in [1.807, 2.05) is 30.7 Å². The lowest BCUT2D eigenvalue weighted by Gasteiger charge is -2.31. The van der Waals surface area contributed by atoms with Crippen LogP contribution in [-0.2, 0) is 27.2 Å². The second-order valence-corrected chi connectivity index (χ2v) is 14.2. The Hall–Kier alpha value is -3.73. The number of hydrogen-bond donors (Lipinski definition) is 4. The molecule has 2 amide bonds. The first-order valence-corrected chi connectivity index (χ1v) is 16.4. The molecule has 45 heavy (non-hydrogen) atoms. The number of nitrogens with two attached hydrogens (primary N) is 2. The van der Waals surface area contributed by atoms with Gasteiger partial charge >= 0.3 is 5.97 Å². The Morgan fingerprint density at radius 1 is 1.09 bits per heavy atom. The summed E-state index contributed by atoms with van der Waals surface area (Å²) < 4.78 is 7.72. The Morgan fingerprint density at radius 2 is 1.80 bits per heavy atom. The van der Waals surface area contributed by atoms with Crippen LogP contribution in [0.2, 0.25) is 0 Å². The average Bonchev–Trinajstić information content (AvgIpc) is 3.71. The molecule has 0 radical (unpaired) electrons. The van der Waals surface area contributed by atoms with Crippen molar-refractivity contribution in [1.82, 2.24) is 15.1 Å². The quantitative estimate of drug-likeness (QED) is 0.259. The number of aromatic nitrogens is 2.